The van der Waals surface area contributed by atoms with Crippen molar-refractivity contribution in [3.05, 3.63) is 53.6 Å². The summed E-state index contributed by atoms with van der Waals surface area (Å²) in [5.74, 6) is 1.41. The summed E-state index contributed by atoms with van der Waals surface area (Å²) >= 11 is 0. The van der Waals surface area contributed by atoms with Crippen LogP contribution in [0.15, 0.2) is 53.1 Å². The highest BCUT2D eigenvalue weighted by molar-refractivity contribution is 5.99. The molecule has 1 aromatic carbocycles. The molecule has 2 aliphatic rings. The van der Waals surface area contributed by atoms with E-state index in [1.807, 2.05) is 26.0 Å². The van der Waals surface area contributed by atoms with E-state index in [0.717, 1.165) is 17.7 Å². The van der Waals surface area contributed by atoms with E-state index < -0.39 is 5.54 Å². The zero-order chi connectivity index (χ0) is 18.0. The molecular weight excluding hydrogens is 314 g/mol. The number of carbonyl (C=O) groups excluding carboxylic acids is 1. The standard InChI is InChI=1S/C20H25N3O2/c1-4-25-17-10-8-14(9-11-17)15-6-5-7-16(12-15)20(2)13-18(24)23(3)19(21)22-20/h5,7-12,15H,4,6,13H2,1-3H3,(H2,21,22). The van der Waals surface area contributed by atoms with Gasteiger partial charge in [0, 0.05) is 13.0 Å². The van der Waals surface area contributed by atoms with Crippen LogP contribution in [-0.4, -0.2) is 36.0 Å². The van der Waals surface area contributed by atoms with Gasteiger partial charge in [-0.3, -0.25) is 9.69 Å². The van der Waals surface area contributed by atoms with Gasteiger partial charge in [0.2, 0.25) is 5.91 Å². The Morgan fingerprint density at radius 2 is 2.08 bits per heavy atom. The van der Waals surface area contributed by atoms with E-state index in [2.05, 4.69) is 35.4 Å². The fourth-order valence-electron chi connectivity index (χ4n) is 3.33. The largest absolute Gasteiger partial charge is 0.494 e. The van der Waals surface area contributed by atoms with Crippen LogP contribution in [0, 0.1) is 0 Å². The lowest BCUT2D eigenvalue weighted by atomic mass is 9.80. The van der Waals surface area contributed by atoms with Gasteiger partial charge in [-0.15, -0.1) is 0 Å². The molecule has 25 heavy (non-hydrogen) atoms. The summed E-state index contributed by atoms with van der Waals surface area (Å²) < 4.78 is 5.51. The Kier molecular flexibility index (Phi) is 4.66. The Morgan fingerprint density at radius 1 is 1.36 bits per heavy atom. The average molecular weight is 339 g/mol. The molecule has 2 N–H and O–H groups in total. The zero-order valence-electron chi connectivity index (χ0n) is 15.0. The van der Waals surface area contributed by atoms with Crippen molar-refractivity contribution in [1.29, 1.82) is 0 Å². The number of ether oxygens (including phenoxy) is 1. The zero-order valence-corrected chi connectivity index (χ0v) is 15.0. The predicted octanol–water partition coefficient (Wildman–Crippen LogP) is 2.99. The lowest BCUT2D eigenvalue weighted by molar-refractivity contribution is -0.128. The molecule has 0 saturated carbocycles. The summed E-state index contributed by atoms with van der Waals surface area (Å²) in [5, 5.41) is 0. The Bertz CT molecular complexity index is 749. The highest BCUT2D eigenvalue weighted by Crippen LogP contribution is 2.37. The molecule has 132 valence electrons. The highest BCUT2D eigenvalue weighted by atomic mass is 16.5. The quantitative estimate of drug-likeness (QED) is 0.917. The highest BCUT2D eigenvalue weighted by Gasteiger charge is 2.37. The second-order valence-electron chi connectivity index (χ2n) is 6.74. The van der Waals surface area contributed by atoms with Crippen LogP contribution in [0.4, 0.5) is 0 Å². The first-order valence-corrected chi connectivity index (χ1v) is 8.66. The van der Waals surface area contributed by atoms with Crippen LogP contribution in [0.5, 0.6) is 5.75 Å². The van der Waals surface area contributed by atoms with E-state index in [1.165, 1.54) is 10.5 Å². The number of hydrogen-bond acceptors (Lipinski definition) is 4. The molecule has 5 heteroatoms. The first-order valence-electron chi connectivity index (χ1n) is 8.66. The Balaban J connectivity index is 1.87. The number of benzene rings is 1. The molecule has 0 saturated heterocycles. The van der Waals surface area contributed by atoms with E-state index in [4.69, 9.17) is 10.5 Å². The molecule has 1 aliphatic carbocycles. The number of aliphatic imine (C=N–C) groups is 1. The minimum atomic E-state index is -0.603. The molecule has 0 fully saturated rings. The van der Waals surface area contributed by atoms with E-state index in [1.54, 1.807) is 7.05 Å². The normalized spacial score (nSPS) is 26.3. The van der Waals surface area contributed by atoms with Crippen molar-refractivity contribution in [3.63, 3.8) is 0 Å². The number of nitrogens with zero attached hydrogens (tertiary/aromatic N) is 2. The van der Waals surface area contributed by atoms with Crippen LogP contribution in [0.25, 0.3) is 0 Å². The molecule has 1 aromatic rings. The first kappa shape index (κ1) is 17.3. The fourth-order valence-corrected chi connectivity index (χ4v) is 3.33. The molecule has 2 unspecified atom stereocenters. The van der Waals surface area contributed by atoms with E-state index in [-0.39, 0.29) is 17.8 Å². The predicted molar refractivity (Wildman–Crippen MR) is 99.6 cm³/mol. The van der Waals surface area contributed by atoms with Crippen molar-refractivity contribution in [1.82, 2.24) is 4.90 Å². The van der Waals surface area contributed by atoms with Crippen LogP contribution < -0.4 is 10.5 Å². The molecule has 0 spiro atoms. The number of hydrogen-bond donors (Lipinski definition) is 1. The van der Waals surface area contributed by atoms with Gasteiger partial charge in [-0.1, -0.05) is 30.4 Å². The van der Waals surface area contributed by atoms with E-state index in [0.29, 0.717) is 13.0 Å². The van der Waals surface area contributed by atoms with Gasteiger partial charge >= 0.3 is 0 Å². The van der Waals surface area contributed by atoms with Crippen LogP contribution in [0.1, 0.15) is 38.2 Å². The van der Waals surface area contributed by atoms with Gasteiger partial charge in [-0.05, 0) is 43.5 Å². The van der Waals surface area contributed by atoms with Gasteiger partial charge in [0.15, 0.2) is 5.96 Å². The smallest absolute Gasteiger partial charge is 0.231 e. The molecule has 0 bridgehead atoms. The van der Waals surface area contributed by atoms with Gasteiger partial charge in [-0.25, -0.2) is 4.99 Å². The summed E-state index contributed by atoms with van der Waals surface area (Å²) in [6.07, 6.45) is 7.69. The third-order valence-corrected chi connectivity index (χ3v) is 4.88. The van der Waals surface area contributed by atoms with E-state index in [9.17, 15) is 4.79 Å². The third kappa shape index (κ3) is 3.45. The van der Waals surface area contributed by atoms with Crippen molar-refractivity contribution in [3.8, 4) is 5.75 Å². The van der Waals surface area contributed by atoms with Crippen molar-refractivity contribution < 1.29 is 9.53 Å². The van der Waals surface area contributed by atoms with Gasteiger partial charge in [0.1, 0.15) is 5.75 Å². The molecule has 1 amide bonds. The molecule has 0 radical (unpaired) electrons. The minimum absolute atomic E-state index is 0.00695. The monoisotopic (exact) mass is 339 g/mol. The Labute approximate surface area is 148 Å². The third-order valence-electron chi connectivity index (χ3n) is 4.88. The molecular formula is C20H25N3O2. The molecule has 2 atom stereocenters. The lowest BCUT2D eigenvalue weighted by Crippen LogP contribution is -2.49. The van der Waals surface area contributed by atoms with E-state index >= 15 is 0 Å². The van der Waals surface area contributed by atoms with Crippen LogP contribution >= 0.6 is 0 Å². The second-order valence-corrected chi connectivity index (χ2v) is 6.74. The summed E-state index contributed by atoms with van der Waals surface area (Å²) in [7, 11) is 1.66. The van der Waals surface area contributed by atoms with Crippen LogP contribution in [-0.2, 0) is 4.79 Å². The summed E-state index contributed by atoms with van der Waals surface area (Å²) in [6, 6.07) is 8.20. The van der Waals surface area contributed by atoms with Crippen molar-refractivity contribution in [2.24, 2.45) is 10.7 Å². The second kappa shape index (κ2) is 6.75. The van der Waals surface area contributed by atoms with Crippen molar-refractivity contribution in [2.45, 2.75) is 38.1 Å². The van der Waals surface area contributed by atoms with Crippen molar-refractivity contribution in [2.75, 3.05) is 13.7 Å². The summed E-state index contributed by atoms with van der Waals surface area (Å²) in [6.45, 7) is 4.61. The summed E-state index contributed by atoms with van der Waals surface area (Å²) in [4.78, 5) is 18.2. The number of nitrogens with two attached hydrogens (primary N) is 1. The van der Waals surface area contributed by atoms with Crippen LogP contribution in [0.3, 0.4) is 0 Å². The average Bonchev–Trinajstić information content (AvgIpc) is 2.61. The number of guanidine groups is 1. The molecule has 1 heterocycles. The Hall–Kier alpha value is -2.56. The molecule has 5 nitrogen and oxygen atoms in total. The number of amides is 1. The first-order chi connectivity index (χ1) is 11.9. The van der Waals surface area contributed by atoms with Gasteiger partial charge in [0.05, 0.1) is 18.6 Å². The van der Waals surface area contributed by atoms with Crippen LogP contribution in [0.2, 0.25) is 0 Å². The van der Waals surface area contributed by atoms with Gasteiger partial charge in [-0.2, -0.15) is 0 Å². The Morgan fingerprint density at radius 3 is 2.72 bits per heavy atom. The molecule has 0 aromatic heterocycles. The minimum Gasteiger partial charge on any atom is -0.494 e. The SMILES string of the molecule is CCOc1ccc(C2C=C(C3(C)CC(=O)N(C)C(N)=N3)C=CC2)cc1. The molecule has 1 aliphatic heterocycles. The lowest BCUT2D eigenvalue weighted by Gasteiger charge is -2.35. The van der Waals surface area contributed by atoms with Gasteiger partial charge < -0.3 is 10.5 Å². The molecule has 3 rings (SSSR count). The number of rotatable bonds is 4. The maximum atomic E-state index is 12.2. The fraction of sp³-hybridized carbons (Fsp3) is 0.400. The van der Waals surface area contributed by atoms with Crippen molar-refractivity contribution >= 4 is 11.9 Å². The summed E-state index contributed by atoms with van der Waals surface area (Å²) in [5.41, 5.74) is 7.60. The maximum Gasteiger partial charge on any atom is 0.231 e. The number of allylic oxidation sites excluding steroid dienone is 2. The maximum absolute atomic E-state index is 12.2. The number of carbonyl (C=O) groups is 1. The van der Waals surface area contributed by atoms with Gasteiger partial charge in [0.25, 0.3) is 0 Å². The topological polar surface area (TPSA) is 67.9 Å².